The van der Waals surface area contributed by atoms with Crippen LogP contribution in [0.15, 0.2) is 48.5 Å². The number of hydrogen-bond donors (Lipinski definition) is 2. The lowest BCUT2D eigenvalue weighted by molar-refractivity contribution is -0.137. The molecular weight excluding hydrogens is 442 g/mol. The second-order valence-electron chi connectivity index (χ2n) is 7.51. The molecular formula is C23H23F4N3O3. The minimum absolute atomic E-state index is 0.0140. The molecule has 0 radical (unpaired) electrons. The number of aliphatic hydroxyl groups excluding tert-OH is 1. The van der Waals surface area contributed by atoms with E-state index in [-0.39, 0.29) is 37.0 Å². The van der Waals surface area contributed by atoms with Gasteiger partial charge in [0.2, 0.25) is 5.91 Å². The largest absolute Gasteiger partial charge is 0.491 e. The van der Waals surface area contributed by atoms with E-state index in [1.165, 1.54) is 24.3 Å². The number of hydrogen-bond acceptors (Lipinski definition) is 4. The number of aliphatic hydroxyl groups is 1. The zero-order valence-corrected chi connectivity index (χ0v) is 18.0. The van der Waals surface area contributed by atoms with Crippen molar-refractivity contribution in [3.8, 4) is 11.4 Å². The van der Waals surface area contributed by atoms with Crippen molar-refractivity contribution in [2.75, 3.05) is 13.2 Å². The van der Waals surface area contributed by atoms with Crippen LogP contribution in [0.5, 0.6) is 5.75 Å². The van der Waals surface area contributed by atoms with Crippen LogP contribution in [-0.4, -0.2) is 40.0 Å². The molecule has 1 unspecified atom stereocenters. The highest BCUT2D eigenvalue weighted by atomic mass is 19.4. The highest BCUT2D eigenvalue weighted by Crippen LogP contribution is 2.31. The lowest BCUT2D eigenvalue weighted by Crippen LogP contribution is -2.36. The van der Waals surface area contributed by atoms with Crippen molar-refractivity contribution in [3.63, 3.8) is 0 Å². The third-order valence-electron chi connectivity index (χ3n) is 4.99. The topological polar surface area (TPSA) is 76.4 Å². The fraction of sp³-hybridized carbons (Fsp3) is 0.304. The molecule has 0 bridgehead atoms. The third-order valence-corrected chi connectivity index (χ3v) is 4.99. The number of ether oxygens (including phenoxy) is 1. The van der Waals surface area contributed by atoms with Crippen molar-refractivity contribution in [2.24, 2.45) is 0 Å². The van der Waals surface area contributed by atoms with Crippen LogP contribution in [0, 0.1) is 19.7 Å². The molecule has 6 nitrogen and oxygen atoms in total. The predicted molar refractivity (Wildman–Crippen MR) is 113 cm³/mol. The quantitative estimate of drug-likeness (QED) is 0.497. The molecule has 1 heterocycles. The molecule has 1 atom stereocenters. The van der Waals surface area contributed by atoms with E-state index in [9.17, 15) is 27.5 Å². The molecule has 0 aliphatic rings. The second-order valence-corrected chi connectivity index (χ2v) is 7.51. The molecule has 176 valence electrons. The maximum atomic E-state index is 13.2. The van der Waals surface area contributed by atoms with Crippen LogP contribution in [0.25, 0.3) is 5.69 Å². The van der Waals surface area contributed by atoms with Crippen LogP contribution in [0.3, 0.4) is 0 Å². The van der Waals surface area contributed by atoms with Gasteiger partial charge in [-0.05, 0) is 56.3 Å². The highest BCUT2D eigenvalue weighted by Gasteiger charge is 2.30. The summed E-state index contributed by atoms with van der Waals surface area (Å²) in [6.07, 6.45) is -5.60. The van der Waals surface area contributed by atoms with Crippen LogP contribution in [0.4, 0.5) is 17.6 Å². The average Bonchev–Trinajstić information content (AvgIpc) is 3.04. The summed E-state index contributed by atoms with van der Waals surface area (Å²) in [6, 6.07) is 10.1. The van der Waals surface area contributed by atoms with Gasteiger partial charge in [0.1, 0.15) is 24.3 Å². The fourth-order valence-electron chi connectivity index (χ4n) is 3.23. The summed E-state index contributed by atoms with van der Waals surface area (Å²) in [5, 5.41) is 17.0. The van der Waals surface area contributed by atoms with Gasteiger partial charge in [0.15, 0.2) is 0 Å². The van der Waals surface area contributed by atoms with Gasteiger partial charge in [-0.15, -0.1) is 0 Å². The van der Waals surface area contributed by atoms with Crippen molar-refractivity contribution >= 4 is 5.91 Å². The van der Waals surface area contributed by atoms with Gasteiger partial charge in [0, 0.05) is 17.8 Å². The average molecular weight is 465 g/mol. The Balaban J connectivity index is 1.53. The summed E-state index contributed by atoms with van der Waals surface area (Å²) < 4.78 is 58.3. The molecule has 0 saturated carbocycles. The van der Waals surface area contributed by atoms with Gasteiger partial charge in [-0.1, -0.05) is 6.07 Å². The van der Waals surface area contributed by atoms with Gasteiger partial charge in [-0.25, -0.2) is 9.07 Å². The summed E-state index contributed by atoms with van der Waals surface area (Å²) in [7, 11) is 0. The van der Waals surface area contributed by atoms with Crippen molar-refractivity contribution in [3.05, 3.63) is 76.9 Å². The smallest absolute Gasteiger partial charge is 0.416 e. The minimum atomic E-state index is -4.49. The molecule has 2 aromatic carbocycles. The number of alkyl halides is 3. The highest BCUT2D eigenvalue weighted by molar-refractivity contribution is 5.79. The van der Waals surface area contributed by atoms with Gasteiger partial charge in [-0.3, -0.25) is 4.79 Å². The van der Waals surface area contributed by atoms with Gasteiger partial charge in [0.25, 0.3) is 0 Å². The number of nitrogens with zero attached hydrogens (tertiary/aromatic N) is 2. The molecule has 33 heavy (non-hydrogen) atoms. The van der Waals surface area contributed by atoms with Crippen LogP contribution < -0.4 is 10.1 Å². The number of halogens is 4. The lowest BCUT2D eigenvalue weighted by Gasteiger charge is -2.14. The van der Waals surface area contributed by atoms with Gasteiger partial charge in [0.05, 0.1) is 23.4 Å². The normalized spacial score (nSPS) is 12.5. The van der Waals surface area contributed by atoms with Crippen LogP contribution in [-0.2, 0) is 17.4 Å². The summed E-state index contributed by atoms with van der Waals surface area (Å²) in [6.45, 7) is 3.13. The second kappa shape index (κ2) is 10.0. The van der Waals surface area contributed by atoms with E-state index in [0.29, 0.717) is 16.9 Å². The van der Waals surface area contributed by atoms with E-state index in [0.717, 1.165) is 17.8 Å². The first-order chi connectivity index (χ1) is 15.5. The maximum Gasteiger partial charge on any atom is 0.416 e. The zero-order valence-electron chi connectivity index (χ0n) is 18.0. The standard InChI is InChI=1S/C23H23F4N3O3/c1-14-21(15(2)30(29-14)18-8-6-17(24)7-9-18)11-22(32)28-12-19(31)13-33-20-5-3-4-16(10-20)23(25,26)27/h3-10,19,31H,11-13H2,1-2H3,(H,28,32). The van der Waals surface area contributed by atoms with Gasteiger partial charge < -0.3 is 15.2 Å². The van der Waals surface area contributed by atoms with Crippen molar-refractivity contribution in [2.45, 2.75) is 32.5 Å². The monoisotopic (exact) mass is 465 g/mol. The first-order valence-electron chi connectivity index (χ1n) is 10.1. The molecule has 0 fully saturated rings. The number of carbonyl (C=O) groups excluding carboxylic acids is 1. The first-order valence-corrected chi connectivity index (χ1v) is 10.1. The number of carbonyl (C=O) groups is 1. The molecule has 1 amide bonds. The van der Waals surface area contributed by atoms with Crippen molar-refractivity contribution in [1.29, 1.82) is 0 Å². The van der Waals surface area contributed by atoms with E-state index in [1.807, 2.05) is 0 Å². The Hall–Kier alpha value is -3.40. The number of nitrogens with one attached hydrogen (secondary N) is 1. The van der Waals surface area contributed by atoms with Crippen molar-refractivity contribution in [1.82, 2.24) is 15.1 Å². The number of aromatic nitrogens is 2. The molecule has 2 N–H and O–H groups in total. The Morgan fingerprint density at radius 1 is 1.18 bits per heavy atom. The molecule has 0 aliphatic carbocycles. The minimum Gasteiger partial charge on any atom is -0.491 e. The molecule has 0 saturated heterocycles. The SMILES string of the molecule is Cc1nn(-c2ccc(F)cc2)c(C)c1CC(=O)NCC(O)COc1cccc(C(F)(F)F)c1. The van der Waals surface area contributed by atoms with Gasteiger partial charge >= 0.3 is 6.18 Å². The van der Waals surface area contributed by atoms with Crippen LogP contribution in [0.1, 0.15) is 22.5 Å². The molecule has 1 aromatic heterocycles. The predicted octanol–water partition coefficient (Wildman–Crippen LogP) is 3.75. The summed E-state index contributed by atoms with van der Waals surface area (Å²) >= 11 is 0. The Labute approximate surface area is 187 Å². The number of rotatable bonds is 8. The molecule has 3 rings (SSSR count). The van der Waals surface area contributed by atoms with E-state index in [2.05, 4.69) is 10.4 Å². The summed E-state index contributed by atoms with van der Waals surface area (Å²) in [5.41, 5.74) is 1.87. The fourth-order valence-corrected chi connectivity index (χ4v) is 3.23. The molecule has 10 heteroatoms. The number of benzene rings is 2. The zero-order chi connectivity index (χ0) is 24.2. The first kappa shape index (κ1) is 24.2. The Morgan fingerprint density at radius 2 is 1.88 bits per heavy atom. The van der Waals surface area contributed by atoms with E-state index in [1.54, 1.807) is 30.7 Å². The number of aryl methyl sites for hydroxylation is 1. The van der Waals surface area contributed by atoms with E-state index < -0.39 is 17.8 Å². The Morgan fingerprint density at radius 3 is 2.55 bits per heavy atom. The van der Waals surface area contributed by atoms with Crippen molar-refractivity contribution < 1.29 is 32.2 Å². The Bertz CT molecular complexity index is 1110. The van der Waals surface area contributed by atoms with E-state index in [4.69, 9.17) is 4.74 Å². The number of amides is 1. The lowest BCUT2D eigenvalue weighted by atomic mass is 10.1. The summed E-state index contributed by atoms with van der Waals surface area (Å²) in [4.78, 5) is 12.4. The van der Waals surface area contributed by atoms with Crippen LogP contribution >= 0.6 is 0 Å². The third kappa shape index (κ3) is 6.32. The van der Waals surface area contributed by atoms with Crippen LogP contribution in [0.2, 0.25) is 0 Å². The maximum absolute atomic E-state index is 13.2. The molecule has 0 spiro atoms. The Kier molecular flexibility index (Phi) is 7.37. The van der Waals surface area contributed by atoms with E-state index >= 15 is 0 Å². The molecule has 3 aromatic rings. The summed E-state index contributed by atoms with van der Waals surface area (Å²) in [5.74, 6) is -0.761. The molecule has 0 aliphatic heterocycles. The van der Waals surface area contributed by atoms with Gasteiger partial charge in [-0.2, -0.15) is 18.3 Å².